The van der Waals surface area contributed by atoms with Crippen molar-refractivity contribution in [3.63, 3.8) is 0 Å². The molecule has 0 saturated carbocycles. The van der Waals surface area contributed by atoms with Crippen LogP contribution in [-0.2, 0) is 9.53 Å². The molecule has 0 spiro atoms. The number of nitrogens with one attached hydrogen (secondary N) is 1. The Bertz CT molecular complexity index is 191. The molecule has 0 bridgehead atoms. The van der Waals surface area contributed by atoms with Gasteiger partial charge in [0.05, 0.1) is 0 Å². The lowest BCUT2D eigenvalue weighted by atomic mass is 10.1. The highest BCUT2D eigenvalue weighted by atomic mass is 16.5. The monoisotopic (exact) mass is 214 g/mol. The zero-order valence-electron chi connectivity index (χ0n) is 9.79. The van der Waals surface area contributed by atoms with Gasteiger partial charge < -0.3 is 15.0 Å². The van der Waals surface area contributed by atoms with Gasteiger partial charge in [0, 0.05) is 25.7 Å². The summed E-state index contributed by atoms with van der Waals surface area (Å²) in [4.78, 5) is 13.7. The van der Waals surface area contributed by atoms with Crippen molar-refractivity contribution < 1.29 is 9.53 Å². The standard InChI is InChI=1S/C11H22N2O2/c1-3-13(11(14)9-15-4-2)10-6-5-7-12-8-10/h10,12H,3-9H2,1-2H3. The smallest absolute Gasteiger partial charge is 0.248 e. The molecule has 0 aliphatic carbocycles. The first-order valence-corrected chi connectivity index (χ1v) is 5.87. The molecule has 1 saturated heterocycles. The van der Waals surface area contributed by atoms with Crippen LogP contribution in [0, 0.1) is 0 Å². The van der Waals surface area contributed by atoms with Crippen LogP contribution < -0.4 is 5.32 Å². The summed E-state index contributed by atoms with van der Waals surface area (Å²) < 4.78 is 5.16. The largest absolute Gasteiger partial charge is 0.372 e. The van der Waals surface area contributed by atoms with Gasteiger partial charge in [-0.3, -0.25) is 4.79 Å². The highest BCUT2D eigenvalue weighted by molar-refractivity contribution is 5.77. The first-order valence-electron chi connectivity index (χ1n) is 5.87. The van der Waals surface area contributed by atoms with Crippen LogP contribution in [0.4, 0.5) is 0 Å². The third kappa shape index (κ3) is 3.80. The molecule has 1 rings (SSSR count). The van der Waals surface area contributed by atoms with Crippen molar-refractivity contribution in [2.45, 2.75) is 32.7 Å². The van der Waals surface area contributed by atoms with Crippen LogP contribution in [0.3, 0.4) is 0 Å². The summed E-state index contributed by atoms with van der Waals surface area (Å²) in [5.41, 5.74) is 0. The fourth-order valence-corrected chi connectivity index (χ4v) is 2.01. The molecule has 0 aromatic heterocycles. The van der Waals surface area contributed by atoms with Crippen molar-refractivity contribution in [3.8, 4) is 0 Å². The molecule has 1 heterocycles. The minimum Gasteiger partial charge on any atom is -0.372 e. The molecule has 88 valence electrons. The fourth-order valence-electron chi connectivity index (χ4n) is 2.01. The van der Waals surface area contributed by atoms with Crippen molar-refractivity contribution >= 4 is 5.91 Å². The second-order valence-electron chi connectivity index (χ2n) is 3.82. The van der Waals surface area contributed by atoms with Gasteiger partial charge in [-0.1, -0.05) is 0 Å². The Balaban J connectivity index is 2.41. The summed E-state index contributed by atoms with van der Waals surface area (Å²) in [6.07, 6.45) is 2.27. The predicted octanol–water partition coefficient (Wildman–Crippen LogP) is 0.623. The van der Waals surface area contributed by atoms with E-state index in [9.17, 15) is 4.79 Å². The summed E-state index contributed by atoms with van der Waals surface area (Å²) in [5, 5.41) is 3.33. The number of carbonyl (C=O) groups is 1. The number of carbonyl (C=O) groups excluding carboxylic acids is 1. The summed E-state index contributed by atoms with van der Waals surface area (Å²) in [5.74, 6) is 0.119. The Morgan fingerprint density at radius 2 is 2.33 bits per heavy atom. The molecular weight excluding hydrogens is 192 g/mol. The lowest BCUT2D eigenvalue weighted by molar-refractivity contribution is -0.138. The fraction of sp³-hybridized carbons (Fsp3) is 0.909. The number of amides is 1. The number of rotatable bonds is 5. The topological polar surface area (TPSA) is 41.6 Å². The summed E-state index contributed by atoms with van der Waals surface area (Å²) >= 11 is 0. The third-order valence-corrected chi connectivity index (χ3v) is 2.80. The second-order valence-corrected chi connectivity index (χ2v) is 3.82. The minimum absolute atomic E-state index is 0.119. The van der Waals surface area contributed by atoms with Gasteiger partial charge in [-0.25, -0.2) is 0 Å². The van der Waals surface area contributed by atoms with E-state index in [1.165, 1.54) is 0 Å². The van der Waals surface area contributed by atoms with Gasteiger partial charge in [-0.05, 0) is 33.2 Å². The van der Waals surface area contributed by atoms with E-state index >= 15 is 0 Å². The molecule has 1 N–H and O–H groups in total. The number of hydrogen-bond acceptors (Lipinski definition) is 3. The zero-order valence-corrected chi connectivity index (χ0v) is 9.79. The average Bonchev–Trinajstić information content (AvgIpc) is 2.29. The van der Waals surface area contributed by atoms with Crippen LogP contribution in [0.2, 0.25) is 0 Å². The van der Waals surface area contributed by atoms with E-state index < -0.39 is 0 Å². The maximum Gasteiger partial charge on any atom is 0.248 e. The number of ether oxygens (including phenoxy) is 1. The lowest BCUT2D eigenvalue weighted by Crippen LogP contribution is -2.49. The SMILES string of the molecule is CCOCC(=O)N(CC)C1CCCNC1. The third-order valence-electron chi connectivity index (χ3n) is 2.80. The first-order chi connectivity index (χ1) is 7.29. The molecule has 1 fully saturated rings. The highest BCUT2D eigenvalue weighted by Gasteiger charge is 2.23. The molecular formula is C11H22N2O2. The van der Waals surface area contributed by atoms with E-state index in [-0.39, 0.29) is 12.5 Å². The van der Waals surface area contributed by atoms with Crippen LogP contribution >= 0.6 is 0 Å². The molecule has 4 nitrogen and oxygen atoms in total. The summed E-state index contributed by atoms with van der Waals surface area (Å²) in [7, 11) is 0. The van der Waals surface area contributed by atoms with Crippen molar-refractivity contribution in [2.24, 2.45) is 0 Å². The van der Waals surface area contributed by atoms with Crippen LogP contribution in [0.1, 0.15) is 26.7 Å². The Kier molecular flexibility index (Phi) is 5.65. The van der Waals surface area contributed by atoms with Crippen LogP contribution in [0.5, 0.6) is 0 Å². The molecule has 1 atom stereocenters. The molecule has 4 heteroatoms. The van der Waals surface area contributed by atoms with Gasteiger partial charge in [0.15, 0.2) is 0 Å². The Hall–Kier alpha value is -0.610. The zero-order chi connectivity index (χ0) is 11.1. The summed E-state index contributed by atoms with van der Waals surface area (Å²) in [6.45, 7) is 7.54. The molecule has 1 amide bonds. The van der Waals surface area contributed by atoms with E-state index in [0.29, 0.717) is 12.6 Å². The van der Waals surface area contributed by atoms with Crippen molar-refractivity contribution in [1.29, 1.82) is 0 Å². The summed E-state index contributed by atoms with van der Waals surface area (Å²) in [6, 6.07) is 0.358. The van der Waals surface area contributed by atoms with Crippen molar-refractivity contribution in [3.05, 3.63) is 0 Å². The molecule has 1 aliphatic rings. The molecule has 0 aromatic rings. The number of hydrogen-bond donors (Lipinski definition) is 1. The van der Waals surface area contributed by atoms with E-state index in [4.69, 9.17) is 4.74 Å². The second kappa shape index (κ2) is 6.80. The van der Waals surface area contributed by atoms with Crippen LogP contribution in [0.25, 0.3) is 0 Å². The van der Waals surface area contributed by atoms with E-state index in [2.05, 4.69) is 5.32 Å². The molecule has 1 aliphatic heterocycles. The number of likely N-dealkylation sites (N-methyl/N-ethyl adjacent to an activating group) is 1. The van der Waals surface area contributed by atoms with Gasteiger partial charge in [-0.2, -0.15) is 0 Å². The lowest BCUT2D eigenvalue weighted by Gasteiger charge is -2.33. The number of nitrogens with zero attached hydrogens (tertiary/aromatic N) is 1. The average molecular weight is 214 g/mol. The Labute approximate surface area is 92.0 Å². The molecule has 0 aromatic carbocycles. The first kappa shape index (κ1) is 12.5. The molecule has 15 heavy (non-hydrogen) atoms. The Morgan fingerprint density at radius 1 is 1.53 bits per heavy atom. The van der Waals surface area contributed by atoms with Gasteiger partial charge in [-0.15, -0.1) is 0 Å². The van der Waals surface area contributed by atoms with Crippen LogP contribution in [0.15, 0.2) is 0 Å². The van der Waals surface area contributed by atoms with E-state index in [1.807, 2.05) is 18.7 Å². The highest BCUT2D eigenvalue weighted by Crippen LogP contribution is 2.10. The molecule has 0 radical (unpaired) electrons. The normalized spacial score (nSPS) is 21.3. The molecule has 1 unspecified atom stereocenters. The maximum atomic E-state index is 11.8. The van der Waals surface area contributed by atoms with Gasteiger partial charge in [0.25, 0.3) is 0 Å². The van der Waals surface area contributed by atoms with Gasteiger partial charge >= 0.3 is 0 Å². The maximum absolute atomic E-state index is 11.8. The van der Waals surface area contributed by atoms with Crippen molar-refractivity contribution in [1.82, 2.24) is 10.2 Å². The van der Waals surface area contributed by atoms with Crippen molar-refractivity contribution in [2.75, 3.05) is 32.8 Å². The predicted molar refractivity (Wildman–Crippen MR) is 59.8 cm³/mol. The Morgan fingerprint density at radius 3 is 2.87 bits per heavy atom. The van der Waals surface area contributed by atoms with Crippen LogP contribution in [-0.4, -0.2) is 49.7 Å². The van der Waals surface area contributed by atoms with Gasteiger partial charge in [0.1, 0.15) is 6.61 Å². The van der Waals surface area contributed by atoms with Gasteiger partial charge in [0.2, 0.25) is 5.91 Å². The van der Waals surface area contributed by atoms with E-state index in [0.717, 1.165) is 32.5 Å². The quantitative estimate of drug-likeness (QED) is 0.729. The number of piperidine rings is 1. The van der Waals surface area contributed by atoms with E-state index in [1.54, 1.807) is 0 Å². The minimum atomic E-state index is 0.119.